The van der Waals surface area contributed by atoms with Gasteiger partial charge >= 0.3 is 6.18 Å². The fourth-order valence-corrected chi connectivity index (χ4v) is 4.40. The van der Waals surface area contributed by atoms with Crippen molar-refractivity contribution in [3.8, 4) is 34.1 Å². The second-order valence-corrected chi connectivity index (χ2v) is 10.5. The number of nitrogens with zero attached hydrogens (tertiary/aromatic N) is 2. The van der Waals surface area contributed by atoms with Crippen LogP contribution in [-0.4, -0.2) is 56.8 Å². The van der Waals surface area contributed by atoms with Gasteiger partial charge in [0.25, 0.3) is 0 Å². The lowest BCUT2D eigenvalue weighted by Crippen LogP contribution is -2.20. The molecule has 0 atom stereocenters. The number of hydrogen-bond acceptors (Lipinski definition) is 7. The molecule has 0 fully saturated rings. The van der Waals surface area contributed by atoms with E-state index in [2.05, 4.69) is 10.3 Å². The van der Waals surface area contributed by atoms with E-state index in [-0.39, 0.29) is 30.2 Å². The van der Waals surface area contributed by atoms with Crippen LogP contribution < -0.4 is 24.3 Å². The summed E-state index contributed by atoms with van der Waals surface area (Å²) in [5.74, 6) is 0.355. The highest BCUT2D eigenvalue weighted by Gasteiger charge is 2.31. The Labute approximate surface area is 264 Å². The maximum atomic E-state index is 15.1. The van der Waals surface area contributed by atoms with E-state index >= 15 is 4.39 Å². The van der Waals surface area contributed by atoms with Gasteiger partial charge in [0.2, 0.25) is 5.91 Å². The van der Waals surface area contributed by atoms with Gasteiger partial charge in [-0.15, -0.1) is 0 Å². The molecule has 12 heteroatoms. The predicted octanol–water partition coefficient (Wildman–Crippen LogP) is 7.01. The maximum absolute atomic E-state index is 15.1. The summed E-state index contributed by atoms with van der Waals surface area (Å²) >= 11 is 0. The van der Waals surface area contributed by atoms with Crippen molar-refractivity contribution in [2.24, 2.45) is 0 Å². The highest BCUT2D eigenvalue weighted by atomic mass is 19.4. The molecule has 4 aromatic rings. The summed E-state index contributed by atoms with van der Waals surface area (Å²) in [5.41, 5.74) is 0.871. The third kappa shape index (κ3) is 9.58. The van der Waals surface area contributed by atoms with Crippen molar-refractivity contribution in [3.05, 3.63) is 95.6 Å². The zero-order chi connectivity index (χ0) is 33.3. The molecule has 1 aromatic heterocycles. The molecular weight excluding hydrogens is 606 g/mol. The Kier molecular flexibility index (Phi) is 11.4. The highest BCUT2D eigenvalue weighted by molar-refractivity contribution is 5.92. The minimum Gasteiger partial charge on any atom is -0.497 e. The van der Waals surface area contributed by atoms with Crippen LogP contribution in [0.2, 0.25) is 0 Å². The Morgan fingerprint density at radius 3 is 2.35 bits per heavy atom. The average Bonchev–Trinajstić information content (AvgIpc) is 3.01. The normalized spacial score (nSPS) is 11.3. The first kappa shape index (κ1) is 34.0. The Bertz CT molecular complexity index is 1650. The van der Waals surface area contributed by atoms with Crippen LogP contribution in [0, 0.1) is 5.82 Å². The quantitative estimate of drug-likeness (QED) is 0.148. The average molecular weight is 642 g/mol. The SMILES string of the molecule is CCOc1cc(OC)ccc1COc1cncc(-c2ccc(CC(=O)Nc3cc(OCCN(C)C)cc(C(F)(F)F)c3)c(F)c2)c1. The van der Waals surface area contributed by atoms with Gasteiger partial charge in [-0.2, -0.15) is 13.2 Å². The standard InChI is InChI=1S/C34H35F4N3O5/c1-5-44-32-18-28(43-4)9-8-24(32)21-46-30-12-25(19-39-20-30)22-6-7-23(31(35)13-22)14-33(42)40-27-15-26(34(36,37)38)16-29(17-27)45-11-10-41(2)3/h6-9,12-13,15-20H,5,10-11,14,21H2,1-4H3,(H,40,42). The van der Waals surface area contributed by atoms with Crippen molar-refractivity contribution in [2.75, 3.05) is 46.3 Å². The molecule has 0 spiro atoms. The second-order valence-electron chi connectivity index (χ2n) is 10.5. The van der Waals surface area contributed by atoms with Crippen LogP contribution in [0.4, 0.5) is 23.2 Å². The third-order valence-electron chi connectivity index (χ3n) is 6.74. The van der Waals surface area contributed by atoms with Crippen molar-refractivity contribution in [1.82, 2.24) is 9.88 Å². The summed E-state index contributed by atoms with van der Waals surface area (Å²) in [7, 11) is 5.18. The van der Waals surface area contributed by atoms with Gasteiger partial charge in [0, 0.05) is 41.7 Å². The number of ether oxygens (including phenoxy) is 4. The largest absolute Gasteiger partial charge is 0.497 e. The van der Waals surface area contributed by atoms with Gasteiger partial charge in [-0.1, -0.05) is 12.1 Å². The monoisotopic (exact) mass is 641 g/mol. The van der Waals surface area contributed by atoms with Crippen LogP contribution >= 0.6 is 0 Å². The molecule has 1 amide bonds. The number of anilines is 1. The third-order valence-corrected chi connectivity index (χ3v) is 6.74. The summed E-state index contributed by atoms with van der Waals surface area (Å²) in [6.07, 6.45) is -1.96. The number of carbonyl (C=O) groups excluding carboxylic acids is 1. The number of amides is 1. The molecule has 4 rings (SSSR count). The van der Waals surface area contributed by atoms with Crippen molar-refractivity contribution < 1.29 is 41.3 Å². The van der Waals surface area contributed by atoms with Crippen LogP contribution in [0.3, 0.4) is 0 Å². The molecule has 0 radical (unpaired) electrons. The lowest BCUT2D eigenvalue weighted by molar-refractivity contribution is -0.137. The van der Waals surface area contributed by atoms with Crippen LogP contribution in [-0.2, 0) is 24.0 Å². The molecule has 0 bridgehead atoms. The van der Waals surface area contributed by atoms with Gasteiger partial charge in [0.1, 0.15) is 42.0 Å². The number of pyridine rings is 1. The number of nitrogens with one attached hydrogen (secondary N) is 1. The first-order chi connectivity index (χ1) is 21.9. The summed E-state index contributed by atoms with van der Waals surface area (Å²) in [5, 5.41) is 2.43. The zero-order valence-corrected chi connectivity index (χ0v) is 25.9. The molecule has 244 valence electrons. The first-order valence-electron chi connectivity index (χ1n) is 14.4. The highest BCUT2D eigenvalue weighted by Crippen LogP contribution is 2.34. The second kappa shape index (κ2) is 15.4. The van der Waals surface area contributed by atoms with Crippen LogP contribution in [0.25, 0.3) is 11.1 Å². The summed E-state index contributed by atoms with van der Waals surface area (Å²) < 4.78 is 77.9. The number of hydrogen-bond donors (Lipinski definition) is 1. The molecule has 0 aliphatic heterocycles. The Morgan fingerprint density at radius 2 is 1.65 bits per heavy atom. The van der Waals surface area contributed by atoms with E-state index in [1.54, 1.807) is 51.7 Å². The maximum Gasteiger partial charge on any atom is 0.416 e. The molecule has 1 N–H and O–H groups in total. The molecule has 0 unspecified atom stereocenters. The minimum absolute atomic E-state index is 0.0407. The number of aromatic nitrogens is 1. The molecule has 0 saturated heterocycles. The lowest BCUT2D eigenvalue weighted by Gasteiger charge is -2.15. The van der Waals surface area contributed by atoms with E-state index in [4.69, 9.17) is 18.9 Å². The summed E-state index contributed by atoms with van der Waals surface area (Å²) in [6, 6.07) is 14.5. The zero-order valence-electron chi connectivity index (χ0n) is 25.9. The topological polar surface area (TPSA) is 82.1 Å². The van der Waals surface area contributed by atoms with Crippen LogP contribution in [0.15, 0.2) is 73.1 Å². The Morgan fingerprint density at radius 1 is 0.870 bits per heavy atom. The molecule has 3 aromatic carbocycles. The number of methoxy groups -OCH3 is 1. The first-order valence-corrected chi connectivity index (χ1v) is 14.4. The number of carbonyl (C=O) groups is 1. The minimum atomic E-state index is -4.65. The predicted molar refractivity (Wildman–Crippen MR) is 166 cm³/mol. The lowest BCUT2D eigenvalue weighted by atomic mass is 10.0. The van der Waals surface area contributed by atoms with E-state index in [1.165, 1.54) is 24.4 Å². The van der Waals surface area contributed by atoms with Crippen LogP contribution in [0.5, 0.6) is 23.0 Å². The number of likely N-dealkylation sites (N-methyl/N-ethyl adjacent to an activating group) is 1. The van der Waals surface area contributed by atoms with Crippen molar-refractivity contribution in [1.29, 1.82) is 0 Å². The van der Waals surface area contributed by atoms with Gasteiger partial charge in [0.15, 0.2) is 0 Å². The van der Waals surface area contributed by atoms with Gasteiger partial charge < -0.3 is 29.2 Å². The van der Waals surface area contributed by atoms with Crippen LogP contribution in [0.1, 0.15) is 23.6 Å². The number of benzene rings is 3. The van der Waals surface area contributed by atoms with E-state index in [0.717, 1.165) is 17.7 Å². The molecular formula is C34H35F4N3O5. The fourth-order valence-electron chi connectivity index (χ4n) is 4.40. The van der Waals surface area contributed by atoms with E-state index < -0.39 is 29.9 Å². The summed E-state index contributed by atoms with van der Waals surface area (Å²) in [6.45, 7) is 3.19. The molecule has 0 saturated carbocycles. The number of alkyl halides is 3. The molecule has 46 heavy (non-hydrogen) atoms. The number of rotatable bonds is 14. The molecule has 0 aliphatic carbocycles. The smallest absolute Gasteiger partial charge is 0.416 e. The van der Waals surface area contributed by atoms with E-state index in [9.17, 15) is 18.0 Å². The van der Waals surface area contributed by atoms with Crippen molar-refractivity contribution in [3.63, 3.8) is 0 Å². The van der Waals surface area contributed by atoms with Gasteiger partial charge in [-0.25, -0.2) is 4.39 Å². The Balaban J connectivity index is 1.43. The van der Waals surface area contributed by atoms with E-state index in [0.29, 0.717) is 41.5 Å². The molecule has 8 nitrogen and oxygen atoms in total. The molecule has 0 aliphatic rings. The Hall–Kier alpha value is -4.84. The van der Waals surface area contributed by atoms with Gasteiger partial charge in [0.05, 0.1) is 31.9 Å². The van der Waals surface area contributed by atoms with Gasteiger partial charge in [-0.3, -0.25) is 9.78 Å². The molecule has 1 heterocycles. The van der Waals surface area contributed by atoms with Gasteiger partial charge in [-0.05, 0) is 68.5 Å². The van der Waals surface area contributed by atoms with E-state index in [1.807, 2.05) is 17.9 Å². The summed E-state index contributed by atoms with van der Waals surface area (Å²) in [4.78, 5) is 18.8. The van der Waals surface area contributed by atoms with Crippen molar-refractivity contribution in [2.45, 2.75) is 26.1 Å². The number of halogens is 4. The fraction of sp³-hybridized carbons (Fsp3) is 0.294. The van der Waals surface area contributed by atoms with Crippen molar-refractivity contribution >= 4 is 11.6 Å².